The van der Waals surface area contributed by atoms with E-state index in [1.54, 1.807) is 0 Å². The normalized spacial score (nSPS) is 23.4. The Labute approximate surface area is 75.1 Å². The van der Waals surface area contributed by atoms with Crippen LogP contribution in [0.5, 0.6) is 0 Å². The topological polar surface area (TPSA) is 26.7 Å². The predicted octanol–water partition coefficient (Wildman–Crippen LogP) is 0.428. The highest BCUT2D eigenvalue weighted by Crippen LogP contribution is 1.98. The van der Waals surface area contributed by atoms with Crippen LogP contribution in [0.3, 0.4) is 0 Å². The number of nitrogens with zero attached hydrogens (tertiary/aromatic N) is 2. The first-order chi connectivity index (χ1) is 4.83. The summed E-state index contributed by atoms with van der Waals surface area (Å²) in [5, 5.41) is 10.4. The number of alkyl halides is 1. The van der Waals surface area contributed by atoms with Gasteiger partial charge in [-0.25, -0.2) is 0 Å². The number of hydrogen-bond acceptors (Lipinski definition) is 3. The standard InChI is InChI=1S/C6H13IN2O/c7-1-2-8-3-5-9(10)6-4-8/h10H,1-6H2. The van der Waals surface area contributed by atoms with Crippen molar-refractivity contribution in [3.05, 3.63) is 0 Å². The summed E-state index contributed by atoms with van der Waals surface area (Å²) in [6.07, 6.45) is 0. The zero-order valence-electron chi connectivity index (χ0n) is 5.96. The van der Waals surface area contributed by atoms with Crippen LogP contribution in [0.25, 0.3) is 0 Å². The summed E-state index contributed by atoms with van der Waals surface area (Å²) in [5.41, 5.74) is 0. The van der Waals surface area contributed by atoms with Crippen LogP contribution < -0.4 is 0 Å². The Kier molecular flexibility index (Phi) is 3.90. The van der Waals surface area contributed by atoms with Crippen molar-refractivity contribution >= 4 is 22.6 Å². The highest BCUT2D eigenvalue weighted by atomic mass is 127. The van der Waals surface area contributed by atoms with Gasteiger partial charge in [0.05, 0.1) is 0 Å². The lowest BCUT2D eigenvalue weighted by Crippen LogP contribution is -2.45. The zero-order valence-corrected chi connectivity index (χ0v) is 8.12. The number of hydrogen-bond donors (Lipinski definition) is 1. The average Bonchev–Trinajstić information content (AvgIpc) is 1.95. The monoisotopic (exact) mass is 256 g/mol. The third kappa shape index (κ3) is 2.69. The summed E-state index contributed by atoms with van der Waals surface area (Å²) in [4.78, 5) is 2.37. The first-order valence-electron chi connectivity index (χ1n) is 3.55. The predicted molar refractivity (Wildman–Crippen MR) is 48.7 cm³/mol. The van der Waals surface area contributed by atoms with Crippen LogP contribution in [-0.4, -0.2) is 52.3 Å². The number of hydroxylamine groups is 2. The van der Waals surface area contributed by atoms with Gasteiger partial charge >= 0.3 is 0 Å². The smallest absolute Gasteiger partial charge is 0.0366 e. The SMILES string of the molecule is ON1CCN(CCI)CC1. The van der Waals surface area contributed by atoms with E-state index >= 15 is 0 Å². The Morgan fingerprint density at radius 3 is 2.30 bits per heavy atom. The van der Waals surface area contributed by atoms with Crippen LogP contribution in [0.1, 0.15) is 0 Å². The minimum absolute atomic E-state index is 0.802. The molecule has 1 fully saturated rings. The molecule has 0 amide bonds. The molecule has 1 N–H and O–H groups in total. The largest absolute Gasteiger partial charge is 0.314 e. The molecule has 0 saturated carbocycles. The lowest BCUT2D eigenvalue weighted by atomic mass is 10.4. The van der Waals surface area contributed by atoms with Crippen molar-refractivity contribution in [2.75, 3.05) is 37.2 Å². The van der Waals surface area contributed by atoms with E-state index in [9.17, 15) is 0 Å². The maximum absolute atomic E-state index is 9.00. The van der Waals surface area contributed by atoms with E-state index in [2.05, 4.69) is 27.5 Å². The molecule has 0 aliphatic carbocycles. The van der Waals surface area contributed by atoms with Gasteiger partial charge in [-0.1, -0.05) is 22.6 Å². The molecule has 1 aliphatic rings. The maximum atomic E-state index is 9.00. The van der Waals surface area contributed by atoms with Gasteiger partial charge in [-0.3, -0.25) is 4.90 Å². The molecule has 0 spiro atoms. The van der Waals surface area contributed by atoms with Crippen molar-refractivity contribution in [3.63, 3.8) is 0 Å². The van der Waals surface area contributed by atoms with Crippen molar-refractivity contribution in [3.8, 4) is 0 Å². The molecule has 1 saturated heterocycles. The van der Waals surface area contributed by atoms with Crippen LogP contribution in [0, 0.1) is 0 Å². The van der Waals surface area contributed by atoms with Gasteiger partial charge in [0.1, 0.15) is 0 Å². The fraction of sp³-hybridized carbons (Fsp3) is 1.00. The molecule has 3 nitrogen and oxygen atoms in total. The molecular weight excluding hydrogens is 243 g/mol. The lowest BCUT2D eigenvalue weighted by Gasteiger charge is -2.30. The molecule has 0 aromatic carbocycles. The fourth-order valence-corrected chi connectivity index (χ4v) is 1.76. The first kappa shape index (κ1) is 8.70. The van der Waals surface area contributed by atoms with Crippen LogP contribution >= 0.6 is 22.6 Å². The molecular formula is C6H13IN2O. The van der Waals surface area contributed by atoms with Crippen LogP contribution in [0.4, 0.5) is 0 Å². The molecule has 0 atom stereocenters. The second-order valence-corrected chi connectivity index (χ2v) is 3.56. The van der Waals surface area contributed by atoms with E-state index in [0.717, 1.165) is 32.7 Å². The molecule has 0 unspecified atom stereocenters. The van der Waals surface area contributed by atoms with Gasteiger partial charge in [-0.15, -0.1) is 0 Å². The Bertz CT molecular complexity index is 93.7. The molecule has 1 aliphatic heterocycles. The minimum Gasteiger partial charge on any atom is -0.314 e. The third-order valence-corrected chi connectivity index (χ3v) is 2.23. The second-order valence-electron chi connectivity index (χ2n) is 2.48. The van der Waals surface area contributed by atoms with Crippen molar-refractivity contribution in [2.24, 2.45) is 0 Å². The fourth-order valence-electron chi connectivity index (χ4n) is 1.08. The Hall–Kier alpha value is 0.610. The molecule has 0 aromatic heterocycles. The summed E-state index contributed by atoms with van der Waals surface area (Å²) >= 11 is 2.38. The summed E-state index contributed by atoms with van der Waals surface area (Å²) in [6, 6.07) is 0. The van der Waals surface area contributed by atoms with Crippen molar-refractivity contribution < 1.29 is 5.21 Å². The molecule has 0 radical (unpaired) electrons. The van der Waals surface area contributed by atoms with Gasteiger partial charge in [0.15, 0.2) is 0 Å². The van der Waals surface area contributed by atoms with Gasteiger partial charge < -0.3 is 5.21 Å². The lowest BCUT2D eigenvalue weighted by molar-refractivity contribution is -0.116. The van der Waals surface area contributed by atoms with E-state index in [0.29, 0.717) is 0 Å². The number of piperazine rings is 1. The van der Waals surface area contributed by atoms with Gasteiger partial charge in [-0.05, 0) is 0 Å². The quantitative estimate of drug-likeness (QED) is 0.573. The van der Waals surface area contributed by atoms with E-state index in [1.165, 1.54) is 9.49 Å². The van der Waals surface area contributed by atoms with E-state index in [1.807, 2.05) is 0 Å². The molecule has 1 heterocycles. The summed E-state index contributed by atoms with van der Waals surface area (Å²) < 4.78 is 1.18. The average molecular weight is 256 g/mol. The molecule has 10 heavy (non-hydrogen) atoms. The highest BCUT2D eigenvalue weighted by Gasteiger charge is 2.13. The Balaban J connectivity index is 2.13. The van der Waals surface area contributed by atoms with E-state index in [-0.39, 0.29) is 0 Å². The Morgan fingerprint density at radius 2 is 1.80 bits per heavy atom. The molecule has 0 bridgehead atoms. The third-order valence-electron chi connectivity index (χ3n) is 1.75. The molecule has 1 rings (SSSR count). The minimum atomic E-state index is 0.802. The van der Waals surface area contributed by atoms with Crippen LogP contribution in [0.2, 0.25) is 0 Å². The summed E-state index contributed by atoms with van der Waals surface area (Å²) in [6.45, 7) is 4.79. The van der Waals surface area contributed by atoms with Crippen molar-refractivity contribution in [1.29, 1.82) is 0 Å². The van der Waals surface area contributed by atoms with Crippen LogP contribution in [0.15, 0.2) is 0 Å². The molecule has 60 valence electrons. The molecule has 4 heteroatoms. The maximum Gasteiger partial charge on any atom is 0.0366 e. The van der Waals surface area contributed by atoms with Gasteiger partial charge in [0, 0.05) is 37.2 Å². The second kappa shape index (κ2) is 4.48. The summed E-state index contributed by atoms with van der Waals surface area (Å²) in [5.74, 6) is 0. The number of rotatable bonds is 2. The summed E-state index contributed by atoms with van der Waals surface area (Å²) in [7, 11) is 0. The van der Waals surface area contributed by atoms with E-state index < -0.39 is 0 Å². The molecule has 0 aromatic rings. The van der Waals surface area contributed by atoms with Crippen LogP contribution in [-0.2, 0) is 0 Å². The van der Waals surface area contributed by atoms with Crippen molar-refractivity contribution in [2.45, 2.75) is 0 Å². The van der Waals surface area contributed by atoms with E-state index in [4.69, 9.17) is 5.21 Å². The Morgan fingerprint density at radius 1 is 1.20 bits per heavy atom. The van der Waals surface area contributed by atoms with Crippen molar-refractivity contribution in [1.82, 2.24) is 9.96 Å². The van der Waals surface area contributed by atoms with Gasteiger partial charge in [-0.2, -0.15) is 5.06 Å². The van der Waals surface area contributed by atoms with Gasteiger partial charge in [0.25, 0.3) is 0 Å². The number of halogens is 1. The first-order valence-corrected chi connectivity index (χ1v) is 5.07. The zero-order chi connectivity index (χ0) is 7.40. The highest BCUT2D eigenvalue weighted by molar-refractivity contribution is 14.1. The van der Waals surface area contributed by atoms with Gasteiger partial charge in [0.2, 0.25) is 0 Å².